The van der Waals surface area contributed by atoms with Crippen molar-refractivity contribution in [3.63, 3.8) is 0 Å². The van der Waals surface area contributed by atoms with Gasteiger partial charge in [-0.25, -0.2) is 0 Å². The van der Waals surface area contributed by atoms with E-state index < -0.39 is 0 Å². The molecule has 0 bridgehead atoms. The van der Waals surface area contributed by atoms with Crippen LogP contribution >= 0.6 is 0 Å². The molecule has 0 saturated carbocycles. The highest BCUT2D eigenvalue weighted by molar-refractivity contribution is 5.33. The molecule has 0 atom stereocenters. The monoisotopic (exact) mass is 226 g/mol. The molecule has 0 amide bonds. The van der Waals surface area contributed by atoms with E-state index in [1.807, 2.05) is 43.3 Å². The highest BCUT2D eigenvalue weighted by Crippen LogP contribution is 2.00. The minimum Gasteiger partial charge on any atom is -0.361 e. The Labute approximate surface area is 101 Å². The topological polar surface area (TPSA) is 38.1 Å². The van der Waals surface area contributed by atoms with Gasteiger partial charge in [0, 0.05) is 18.2 Å². The molecule has 0 aliphatic carbocycles. The standard InChI is InChI=1S/C14H14N2O/c1-12-10-14(16-17-12)11-15-9-5-8-13-6-3-2-4-7-13/h2-4,6-7,10,15H,9,11H2,1H3. The predicted octanol–water partition coefficient (Wildman–Crippen LogP) is 2.12. The molecule has 0 aliphatic heterocycles. The summed E-state index contributed by atoms with van der Waals surface area (Å²) in [5, 5.41) is 7.08. The Morgan fingerprint density at radius 1 is 1.29 bits per heavy atom. The average molecular weight is 226 g/mol. The van der Waals surface area contributed by atoms with Crippen molar-refractivity contribution in [3.8, 4) is 11.8 Å². The van der Waals surface area contributed by atoms with Crippen LogP contribution in [0.15, 0.2) is 40.9 Å². The summed E-state index contributed by atoms with van der Waals surface area (Å²) in [6, 6.07) is 11.8. The zero-order valence-electron chi connectivity index (χ0n) is 9.73. The summed E-state index contributed by atoms with van der Waals surface area (Å²) < 4.78 is 4.96. The first-order valence-corrected chi connectivity index (χ1v) is 5.51. The van der Waals surface area contributed by atoms with Gasteiger partial charge >= 0.3 is 0 Å². The number of hydrogen-bond acceptors (Lipinski definition) is 3. The Bertz CT molecular complexity index is 520. The Morgan fingerprint density at radius 3 is 2.82 bits per heavy atom. The van der Waals surface area contributed by atoms with Gasteiger partial charge in [0.2, 0.25) is 0 Å². The summed E-state index contributed by atoms with van der Waals surface area (Å²) in [7, 11) is 0. The third kappa shape index (κ3) is 3.78. The lowest BCUT2D eigenvalue weighted by atomic mass is 10.2. The van der Waals surface area contributed by atoms with Crippen LogP contribution in [-0.2, 0) is 6.54 Å². The van der Waals surface area contributed by atoms with Crippen molar-refractivity contribution in [2.75, 3.05) is 6.54 Å². The summed E-state index contributed by atoms with van der Waals surface area (Å²) in [4.78, 5) is 0. The Morgan fingerprint density at radius 2 is 2.12 bits per heavy atom. The molecule has 0 fully saturated rings. The van der Waals surface area contributed by atoms with E-state index in [4.69, 9.17) is 4.52 Å². The van der Waals surface area contributed by atoms with Gasteiger partial charge in [0.15, 0.2) is 0 Å². The van der Waals surface area contributed by atoms with Crippen LogP contribution in [0.2, 0.25) is 0 Å². The maximum Gasteiger partial charge on any atom is 0.133 e. The summed E-state index contributed by atoms with van der Waals surface area (Å²) in [6.45, 7) is 3.20. The van der Waals surface area contributed by atoms with Crippen LogP contribution in [0.5, 0.6) is 0 Å². The van der Waals surface area contributed by atoms with Gasteiger partial charge in [-0.3, -0.25) is 0 Å². The maximum absolute atomic E-state index is 4.96. The van der Waals surface area contributed by atoms with Gasteiger partial charge in [-0.05, 0) is 19.1 Å². The fourth-order valence-electron chi connectivity index (χ4n) is 1.42. The van der Waals surface area contributed by atoms with Crippen molar-refractivity contribution in [2.24, 2.45) is 0 Å². The molecule has 1 aromatic carbocycles. The predicted molar refractivity (Wildman–Crippen MR) is 66.3 cm³/mol. The minimum atomic E-state index is 0.640. The van der Waals surface area contributed by atoms with Gasteiger partial charge < -0.3 is 9.84 Å². The molecule has 86 valence electrons. The highest BCUT2D eigenvalue weighted by atomic mass is 16.5. The maximum atomic E-state index is 4.96. The molecule has 0 saturated heterocycles. The van der Waals surface area contributed by atoms with Crippen LogP contribution in [0.3, 0.4) is 0 Å². The fourth-order valence-corrected chi connectivity index (χ4v) is 1.42. The molecular weight excluding hydrogens is 212 g/mol. The SMILES string of the molecule is Cc1cc(CNCC#Cc2ccccc2)no1. The highest BCUT2D eigenvalue weighted by Gasteiger charge is 1.97. The number of nitrogens with one attached hydrogen (secondary N) is 1. The van der Waals surface area contributed by atoms with Crippen molar-refractivity contribution in [1.82, 2.24) is 10.5 Å². The number of rotatable bonds is 3. The van der Waals surface area contributed by atoms with E-state index in [1.165, 1.54) is 0 Å². The zero-order valence-corrected chi connectivity index (χ0v) is 9.73. The van der Waals surface area contributed by atoms with Gasteiger partial charge in [0.1, 0.15) is 5.76 Å². The molecule has 0 aliphatic rings. The van der Waals surface area contributed by atoms with Crippen LogP contribution in [0.25, 0.3) is 0 Å². The molecule has 3 heteroatoms. The van der Waals surface area contributed by atoms with E-state index >= 15 is 0 Å². The number of aryl methyl sites for hydroxylation is 1. The third-order valence-electron chi connectivity index (χ3n) is 2.20. The molecular formula is C14H14N2O. The second-order valence-electron chi connectivity index (χ2n) is 3.70. The molecule has 0 spiro atoms. The van der Waals surface area contributed by atoms with Crippen molar-refractivity contribution in [1.29, 1.82) is 0 Å². The van der Waals surface area contributed by atoms with Gasteiger partial charge in [0.25, 0.3) is 0 Å². The zero-order chi connectivity index (χ0) is 11.9. The number of benzene rings is 1. The van der Waals surface area contributed by atoms with Gasteiger partial charge in [-0.15, -0.1) is 0 Å². The number of nitrogens with zero attached hydrogens (tertiary/aromatic N) is 1. The summed E-state index contributed by atoms with van der Waals surface area (Å²) in [5.74, 6) is 6.97. The van der Waals surface area contributed by atoms with Crippen LogP contribution in [0, 0.1) is 18.8 Å². The van der Waals surface area contributed by atoms with Crippen molar-refractivity contribution < 1.29 is 4.52 Å². The van der Waals surface area contributed by atoms with E-state index in [-0.39, 0.29) is 0 Å². The molecule has 1 aromatic heterocycles. The molecule has 17 heavy (non-hydrogen) atoms. The molecule has 1 N–H and O–H groups in total. The second kappa shape index (κ2) is 5.88. The van der Waals surface area contributed by atoms with E-state index in [9.17, 15) is 0 Å². The number of aromatic nitrogens is 1. The van der Waals surface area contributed by atoms with Crippen LogP contribution in [0.4, 0.5) is 0 Å². The molecule has 0 radical (unpaired) electrons. The Kier molecular flexibility index (Phi) is 3.95. The summed E-state index contributed by atoms with van der Waals surface area (Å²) in [5.41, 5.74) is 1.94. The molecule has 1 heterocycles. The molecule has 2 rings (SSSR count). The van der Waals surface area contributed by atoms with E-state index in [1.54, 1.807) is 0 Å². The first-order valence-electron chi connectivity index (χ1n) is 5.51. The minimum absolute atomic E-state index is 0.640. The molecule has 2 aromatic rings. The average Bonchev–Trinajstić information content (AvgIpc) is 2.76. The normalized spacial score (nSPS) is 9.71. The number of hydrogen-bond donors (Lipinski definition) is 1. The van der Waals surface area contributed by atoms with E-state index in [0.29, 0.717) is 13.1 Å². The lowest BCUT2D eigenvalue weighted by Crippen LogP contribution is -2.13. The largest absolute Gasteiger partial charge is 0.361 e. The van der Waals surface area contributed by atoms with Crippen LogP contribution in [-0.4, -0.2) is 11.7 Å². The van der Waals surface area contributed by atoms with E-state index in [0.717, 1.165) is 17.0 Å². The lowest BCUT2D eigenvalue weighted by molar-refractivity contribution is 0.389. The molecule has 0 unspecified atom stereocenters. The first kappa shape index (κ1) is 11.4. The van der Waals surface area contributed by atoms with Crippen molar-refractivity contribution >= 4 is 0 Å². The second-order valence-corrected chi connectivity index (χ2v) is 3.70. The van der Waals surface area contributed by atoms with Gasteiger partial charge in [-0.1, -0.05) is 35.2 Å². The van der Waals surface area contributed by atoms with Gasteiger partial charge in [-0.2, -0.15) is 0 Å². The summed E-state index contributed by atoms with van der Waals surface area (Å²) in [6.07, 6.45) is 0. The van der Waals surface area contributed by atoms with Gasteiger partial charge in [0.05, 0.1) is 12.2 Å². The van der Waals surface area contributed by atoms with Crippen LogP contribution < -0.4 is 5.32 Å². The lowest BCUT2D eigenvalue weighted by Gasteiger charge is -1.94. The van der Waals surface area contributed by atoms with E-state index in [2.05, 4.69) is 22.3 Å². The quantitative estimate of drug-likeness (QED) is 0.643. The van der Waals surface area contributed by atoms with Crippen molar-refractivity contribution in [3.05, 3.63) is 53.4 Å². The fraction of sp³-hybridized carbons (Fsp3) is 0.214. The molecule has 3 nitrogen and oxygen atoms in total. The third-order valence-corrected chi connectivity index (χ3v) is 2.20. The van der Waals surface area contributed by atoms with Crippen molar-refractivity contribution in [2.45, 2.75) is 13.5 Å². The Hall–Kier alpha value is -2.05. The first-order chi connectivity index (χ1) is 8.34. The summed E-state index contributed by atoms with van der Waals surface area (Å²) >= 11 is 0. The van der Waals surface area contributed by atoms with Crippen LogP contribution in [0.1, 0.15) is 17.0 Å². The Balaban J connectivity index is 1.75. The smallest absolute Gasteiger partial charge is 0.133 e.